The molecule has 0 aromatic heterocycles. The minimum atomic E-state index is -0.681. The largest absolute Gasteiger partial charge is 0.301 e. The molecule has 20 heavy (non-hydrogen) atoms. The molecule has 0 fully saturated rings. The third-order valence-corrected chi connectivity index (χ3v) is 2.88. The van der Waals surface area contributed by atoms with Crippen LogP contribution in [0, 0.1) is 20.2 Å². The number of non-ortho nitro benzene ring substituents is 1. The van der Waals surface area contributed by atoms with Gasteiger partial charge in [-0.2, -0.15) is 5.10 Å². The van der Waals surface area contributed by atoms with Gasteiger partial charge in [-0.1, -0.05) is 6.08 Å². The second-order valence-electron chi connectivity index (χ2n) is 4.26. The van der Waals surface area contributed by atoms with Gasteiger partial charge in [0.15, 0.2) is 0 Å². The van der Waals surface area contributed by atoms with E-state index < -0.39 is 9.85 Å². The molecule has 1 aliphatic carbocycles. The van der Waals surface area contributed by atoms with Crippen LogP contribution in [0.25, 0.3) is 0 Å². The number of hydrazone groups is 1. The summed E-state index contributed by atoms with van der Waals surface area (Å²) < 4.78 is 0. The van der Waals surface area contributed by atoms with E-state index in [1.54, 1.807) is 6.21 Å². The second-order valence-corrected chi connectivity index (χ2v) is 4.26. The molecule has 0 unspecified atom stereocenters. The average molecular weight is 276 g/mol. The molecule has 8 heteroatoms. The first-order chi connectivity index (χ1) is 9.58. The van der Waals surface area contributed by atoms with E-state index in [4.69, 9.17) is 0 Å². The Kier molecular flexibility index (Phi) is 4.04. The van der Waals surface area contributed by atoms with Gasteiger partial charge in [-0.15, -0.1) is 0 Å². The van der Waals surface area contributed by atoms with Crippen molar-refractivity contribution >= 4 is 23.3 Å². The van der Waals surface area contributed by atoms with Crippen molar-refractivity contribution in [2.45, 2.75) is 19.3 Å². The highest BCUT2D eigenvalue weighted by Gasteiger charge is 2.19. The molecule has 104 valence electrons. The lowest BCUT2D eigenvalue weighted by molar-refractivity contribution is -0.393. The van der Waals surface area contributed by atoms with Crippen molar-refractivity contribution in [3.05, 3.63) is 50.1 Å². The fraction of sp³-hybridized carbons (Fsp3) is 0.250. The van der Waals surface area contributed by atoms with Crippen molar-refractivity contribution in [1.29, 1.82) is 0 Å². The van der Waals surface area contributed by atoms with Crippen LogP contribution in [0.2, 0.25) is 0 Å². The molecule has 0 saturated heterocycles. The number of hydrogen-bond donors (Lipinski definition) is 1. The lowest BCUT2D eigenvalue weighted by atomic mass is 10.2. The molecule has 0 saturated carbocycles. The smallest absolute Gasteiger partial charge is 0.272 e. The molecule has 0 bridgehead atoms. The van der Waals surface area contributed by atoms with E-state index in [0.717, 1.165) is 30.9 Å². The third-order valence-electron chi connectivity index (χ3n) is 2.88. The van der Waals surface area contributed by atoms with Crippen LogP contribution in [0.5, 0.6) is 0 Å². The fourth-order valence-electron chi connectivity index (χ4n) is 1.88. The van der Waals surface area contributed by atoms with Crippen LogP contribution in [0.4, 0.5) is 17.1 Å². The maximum Gasteiger partial charge on any atom is 0.301 e. The number of nitro groups is 2. The molecule has 1 N–H and O–H groups in total. The molecule has 1 aliphatic rings. The molecule has 0 amide bonds. The van der Waals surface area contributed by atoms with Crippen LogP contribution < -0.4 is 5.43 Å². The summed E-state index contributed by atoms with van der Waals surface area (Å²) in [6.07, 6.45) is 6.69. The number of rotatable bonds is 5. The van der Waals surface area contributed by atoms with Crippen LogP contribution in [0.15, 0.2) is 34.9 Å². The Bertz CT molecular complexity index is 609. The number of hydrogen-bond acceptors (Lipinski definition) is 6. The minimum Gasteiger partial charge on any atom is -0.272 e. The molecule has 0 radical (unpaired) electrons. The summed E-state index contributed by atoms with van der Waals surface area (Å²) in [7, 11) is 0. The molecule has 0 atom stereocenters. The number of benzene rings is 1. The van der Waals surface area contributed by atoms with Crippen molar-refractivity contribution in [2.75, 3.05) is 5.43 Å². The van der Waals surface area contributed by atoms with E-state index in [1.165, 1.54) is 12.1 Å². The zero-order chi connectivity index (χ0) is 14.5. The molecule has 0 spiro atoms. The summed E-state index contributed by atoms with van der Waals surface area (Å²) >= 11 is 0. The van der Waals surface area contributed by atoms with E-state index in [-0.39, 0.29) is 17.1 Å². The Morgan fingerprint density at radius 3 is 2.65 bits per heavy atom. The van der Waals surface area contributed by atoms with Crippen LogP contribution in [0.1, 0.15) is 19.3 Å². The minimum absolute atomic E-state index is 0.121. The van der Waals surface area contributed by atoms with Crippen molar-refractivity contribution in [1.82, 2.24) is 0 Å². The normalized spacial score (nSPS) is 14.3. The van der Waals surface area contributed by atoms with Crippen molar-refractivity contribution in [2.24, 2.45) is 5.10 Å². The van der Waals surface area contributed by atoms with Crippen molar-refractivity contribution in [3.8, 4) is 0 Å². The summed E-state index contributed by atoms with van der Waals surface area (Å²) in [5, 5.41) is 25.4. The Hall–Kier alpha value is -2.77. The lowest BCUT2D eigenvalue weighted by Gasteiger charge is -2.01. The van der Waals surface area contributed by atoms with Gasteiger partial charge < -0.3 is 0 Å². The predicted octanol–water partition coefficient (Wildman–Crippen LogP) is 3.01. The Labute approximate surface area is 114 Å². The van der Waals surface area contributed by atoms with Crippen LogP contribution in [-0.4, -0.2) is 16.1 Å². The van der Waals surface area contributed by atoms with E-state index >= 15 is 0 Å². The highest BCUT2D eigenvalue weighted by molar-refractivity contribution is 5.80. The first-order valence-electron chi connectivity index (χ1n) is 5.99. The zero-order valence-electron chi connectivity index (χ0n) is 10.5. The number of nitro benzene ring substituents is 2. The first kappa shape index (κ1) is 13.7. The predicted molar refractivity (Wildman–Crippen MR) is 73.8 cm³/mol. The summed E-state index contributed by atoms with van der Waals surface area (Å²) in [5.74, 6) is 0. The van der Waals surface area contributed by atoms with Crippen LogP contribution in [0.3, 0.4) is 0 Å². The van der Waals surface area contributed by atoms with Gasteiger partial charge in [0.2, 0.25) is 0 Å². The van der Waals surface area contributed by atoms with E-state index in [0.29, 0.717) is 0 Å². The molecule has 2 rings (SSSR count). The van der Waals surface area contributed by atoms with Gasteiger partial charge in [-0.25, -0.2) is 0 Å². The molecular weight excluding hydrogens is 264 g/mol. The summed E-state index contributed by atoms with van der Waals surface area (Å²) in [6.45, 7) is 0. The van der Waals surface area contributed by atoms with Gasteiger partial charge in [0.25, 0.3) is 5.69 Å². The van der Waals surface area contributed by atoms with Gasteiger partial charge in [0, 0.05) is 6.07 Å². The SMILES string of the molecule is O=[N+]([O-])c1ccc(N/N=C/C2=CCCC2)c([N+](=O)[O-])c1. The topological polar surface area (TPSA) is 111 Å². The first-order valence-corrected chi connectivity index (χ1v) is 5.99. The Morgan fingerprint density at radius 1 is 1.25 bits per heavy atom. The van der Waals surface area contributed by atoms with E-state index in [1.807, 2.05) is 0 Å². The maximum absolute atomic E-state index is 10.9. The molecular formula is C12H12N4O4. The zero-order valence-corrected chi connectivity index (χ0v) is 10.5. The number of anilines is 1. The molecule has 8 nitrogen and oxygen atoms in total. The monoisotopic (exact) mass is 276 g/mol. The summed E-state index contributed by atoms with van der Waals surface area (Å²) in [4.78, 5) is 20.1. The number of allylic oxidation sites excluding steroid dienone is 2. The third kappa shape index (κ3) is 3.16. The number of nitrogens with one attached hydrogen (secondary N) is 1. The molecule has 1 aromatic rings. The van der Waals surface area contributed by atoms with Gasteiger partial charge in [0.05, 0.1) is 22.1 Å². The van der Waals surface area contributed by atoms with Crippen LogP contribution in [-0.2, 0) is 0 Å². The van der Waals surface area contributed by atoms with E-state index in [2.05, 4.69) is 16.6 Å². The van der Waals surface area contributed by atoms with Gasteiger partial charge >= 0.3 is 5.69 Å². The standard InChI is InChI=1S/C12H12N4O4/c17-15(18)10-5-6-11(12(7-10)16(19)20)14-13-8-9-3-1-2-4-9/h3,5-8,14H,1-2,4H2/b13-8+. The van der Waals surface area contributed by atoms with Gasteiger partial charge in [0.1, 0.15) is 5.69 Å². The second kappa shape index (κ2) is 5.91. The highest BCUT2D eigenvalue weighted by atomic mass is 16.6. The van der Waals surface area contributed by atoms with Crippen LogP contribution >= 0.6 is 0 Å². The summed E-state index contributed by atoms with van der Waals surface area (Å²) in [5.41, 5.74) is 3.04. The maximum atomic E-state index is 10.9. The molecule has 0 aliphatic heterocycles. The lowest BCUT2D eigenvalue weighted by Crippen LogP contribution is -1.98. The quantitative estimate of drug-likeness (QED) is 0.504. The average Bonchev–Trinajstić information content (AvgIpc) is 2.91. The van der Waals surface area contributed by atoms with E-state index in [9.17, 15) is 20.2 Å². The molecule has 1 aromatic carbocycles. The Morgan fingerprint density at radius 2 is 2.05 bits per heavy atom. The Balaban J connectivity index is 2.18. The molecule has 0 heterocycles. The highest BCUT2D eigenvalue weighted by Crippen LogP contribution is 2.28. The summed E-state index contributed by atoms with van der Waals surface area (Å²) in [6, 6.07) is 3.38. The number of nitrogens with zero attached hydrogens (tertiary/aromatic N) is 3. The van der Waals surface area contributed by atoms with Crippen molar-refractivity contribution in [3.63, 3.8) is 0 Å². The van der Waals surface area contributed by atoms with Gasteiger partial charge in [-0.05, 0) is 30.9 Å². The van der Waals surface area contributed by atoms with Gasteiger partial charge in [-0.3, -0.25) is 25.7 Å². The fourth-order valence-corrected chi connectivity index (χ4v) is 1.88. The van der Waals surface area contributed by atoms with Crippen molar-refractivity contribution < 1.29 is 9.85 Å².